The number of carbonyl (C=O) groups is 2. The van der Waals surface area contributed by atoms with E-state index in [-0.39, 0.29) is 31.1 Å². The highest BCUT2D eigenvalue weighted by atomic mass is 16.4. The Morgan fingerprint density at radius 2 is 1.65 bits per heavy atom. The Labute approximate surface area is 118 Å². The number of aliphatic hydroxyl groups is 1. The molecule has 0 aromatic carbocycles. The Morgan fingerprint density at radius 3 is 2.15 bits per heavy atom. The standard InChI is InChI=1S/C13H23N3O4/c1-8-5-15(6-9(2)14(8)3)13(20)16-7-10(17)4-11(16)12(18)19/h8-11,17H,4-7H2,1-3H3,(H,18,19). The van der Waals surface area contributed by atoms with Gasteiger partial charge in [-0.2, -0.15) is 0 Å². The van der Waals surface area contributed by atoms with Crippen LogP contribution in [0.2, 0.25) is 0 Å². The molecule has 4 atom stereocenters. The Kier molecular flexibility index (Phi) is 4.19. The van der Waals surface area contributed by atoms with Gasteiger partial charge in [-0.05, 0) is 20.9 Å². The third-order valence-electron chi connectivity index (χ3n) is 4.44. The number of hydrogen-bond acceptors (Lipinski definition) is 4. The van der Waals surface area contributed by atoms with Crippen molar-refractivity contribution in [3.05, 3.63) is 0 Å². The van der Waals surface area contributed by atoms with E-state index in [0.29, 0.717) is 13.1 Å². The molecule has 2 aliphatic heterocycles. The number of β-amino-alcohol motifs (C(OH)–C–C–N with tert-alkyl or cyclic N) is 1. The summed E-state index contributed by atoms with van der Waals surface area (Å²) < 4.78 is 0. The molecule has 114 valence electrons. The molecule has 2 heterocycles. The number of carboxylic acid groups (broad SMARTS) is 1. The maximum absolute atomic E-state index is 12.5. The fraction of sp³-hybridized carbons (Fsp3) is 0.846. The second-order valence-electron chi connectivity index (χ2n) is 5.95. The van der Waals surface area contributed by atoms with E-state index in [1.165, 1.54) is 4.90 Å². The topological polar surface area (TPSA) is 84.3 Å². The van der Waals surface area contributed by atoms with Gasteiger partial charge in [0.2, 0.25) is 0 Å². The van der Waals surface area contributed by atoms with Crippen LogP contribution in [0.15, 0.2) is 0 Å². The lowest BCUT2D eigenvalue weighted by molar-refractivity contribution is -0.141. The number of likely N-dealkylation sites (tertiary alicyclic amines) is 1. The minimum Gasteiger partial charge on any atom is -0.480 e. The lowest BCUT2D eigenvalue weighted by Gasteiger charge is -2.43. The molecule has 4 unspecified atom stereocenters. The molecule has 0 aromatic rings. The van der Waals surface area contributed by atoms with E-state index < -0.39 is 18.1 Å². The van der Waals surface area contributed by atoms with Crippen LogP contribution in [0.3, 0.4) is 0 Å². The average Bonchev–Trinajstić information content (AvgIpc) is 2.76. The molecule has 2 aliphatic rings. The Morgan fingerprint density at radius 1 is 1.10 bits per heavy atom. The number of aliphatic carboxylic acids is 1. The molecule has 0 aliphatic carbocycles. The minimum atomic E-state index is -1.05. The molecule has 2 fully saturated rings. The zero-order valence-electron chi connectivity index (χ0n) is 12.2. The van der Waals surface area contributed by atoms with E-state index in [1.807, 2.05) is 20.9 Å². The predicted octanol–water partition coefficient (Wildman–Crippen LogP) is -0.349. The zero-order chi connectivity index (χ0) is 15.0. The minimum absolute atomic E-state index is 0.102. The normalized spacial score (nSPS) is 35.4. The van der Waals surface area contributed by atoms with Gasteiger partial charge in [0.15, 0.2) is 0 Å². The molecule has 2 rings (SSSR count). The van der Waals surface area contributed by atoms with Crippen LogP contribution in [0, 0.1) is 0 Å². The van der Waals surface area contributed by atoms with Crippen molar-refractivity contribution >= 4 is 12.0 Å². The van der Waals surface area contributed by atoms with Crippen molar-refractivity contribution in [2.45, 2.75) is 44.5 Å². The van der Waals surface area contributed by atoms with Gasteiger partial charge in [0.05, 0.1) is 6.10 Å². The van der Waals surface area contributed by atoms with Gasteiger partial charge in [-0.15, -0.1) is 0 Å². The Hall–Kier alpha value is -1.34. The molecule has 0 radical (unpaired) electrons. The van der Waals surface area contributed by atoms with Gasteiger partial charge in [0, 0.05) is 38.1 Å². The summed E-state index contributed by atoms with van der Waals surface area (Å²) in [6, 6.07) is -0.722. The Balaban J connectivity index is 2.09. The monoisotopic (exact) mass is 285 g/mol. The second kappa shape index (κ2) is 5.57. The van der Waals surface area contributed by atoms with Gasteiger partial charge in [0.1, 0.15) is 6.04 Å². The van der Waals surface area contributed by atoms with Crippen LogP contribution in [-0.2, 0) is 4.79 Å². The van der Waals surface area contributed by atoms with Gasteiger partial charge in [-0.1, -0.05) is 0 Å². The maximum atomic E-state index is 12.5. The van der Waals surface area contributed by atoms with Crippen LogP contribution in [0.25, 0.3) is 0 Å². The molecule has 7 heteroatoms. The fourth-order valence-corrected chi connectivity index (χ4v) is 3.00. The van der Waals surface area contributed by atoms with E-state index >= 15 is 0 Å². The maximum Gasteiger partial charge on any atom is 0.326 e. The van der Waals surface area contributed by atoms with Crippen molar-refractivity contribution in [1.29, 1.82) is 0 Å². The van der Waals surface area contributed by atoms with E-state index in [4.69, 9.17) is 5.11 Å². The highest BCUT2D eigenvalue weighted by molar-refractivity contribution is 5.83. The number of hydrogen-bond donors (Lipinski definition) is 2. The van der Waals surface area contributed by atoms with Crippen LogP contribution in [0.5, 0.6) is 0 Å². The fourth-order valence-electron chi connectivity index (χ4n) is 3.00. The number of piperazine rings is 1. The number of urea groups is 1. The molecule has 2 amide bonds. The van der Waals surface area contributed by atoms with Crippen molar-refractivity contribution in [3.8, 4) is 0 Å². The van der Waals surface area contributed by atoms with Crippen molar-refractivity contribution in [2.24, 2.45) is 0 Å². The molecule has 2 saturated heterocycles. The molecular weight excluding hydrogens is 262 g/mol. The average molecular weight is 285 g/mol. The van der Waals surface area contributed by atoms with Crippen molar-refractivity contribution in [2.75, 3.05) is 26.7 Å². The van der Waals surface area contributed by atoms with Gasteiger partial charge in [-0.25, -0.2) is 9.59 Å². The summed E-state index contributed by atoms with van der Waals surface area (Å²) in [6.07, 6.45) is -0.637. The number of nitrogens with zero attached hydrogens (tertiary/aromatic N) is 3. The van der Waals surface area contributed by atoms with Crippen molar-refractivity contribution in [1.82, 2.24) is 14.7 Å². The third kappa shape index (κ3) is 2.73. The van der Waals surface area contributed by atoms with Crippen LogP contribution in [0.1, 0.15) is 20.3 Å². The molecule has 0 saturated carbocycles. The summed E-state index contributed by atoms with van der Waals surface area (Å²) in [4.78, 5) is 28.9. The number of aliphatic hydroxyl groups excluding tert-OH is 1. The lowest BCUT2D eigenvalue weighted by Crippen LogP contribution is -2.59. The van der Waals surface area contributed by atoms with Crippen LogP contribution < -0.4 is 0 Å². The molecular formula is C13H23N3O4. The summed E-state index contributed by atoms with van der Waals surface area (Å²) in [6.45, 7) is 5.36. The summed E-state index contributed by atoms with van der Waals surface area (Å²) in [5.41, 5.74) is 0. The first kappa shape index (κ1) is 15.1. The number of likely N-dealkylation sites (N-methyl/N-ethyl adjacent to an activating group) is 1. The van der Waals surface area contributed by atoms with E-state index in [1.54, 1.807) is 4.90 Å². The highest BCUT2D eigenvalue weighted by Gasteiger charge is 2.42. The summed E-state index contributed by atoms with van der Waals surface area (Å²) in [7, 11) is 2.02. The molecule has 0 spiro atoms. The lowest BCUT2D eigenvalue weighted by atomic mass is 10.1. The number of rotatable bonds is 1. The predicted molar refractivity (Wildman–Crippen MR) is 72.4 cm³/mol. The summed E-state index contributed by atoms with van der Waals surface area (Å²) in [5.74, 6) is -1.05. The quantitative estimate of drug-likeness (QED) is 0.688. The zero-order valence-corrected chi connectivity index (χ0v) is 12.2. The number of carbonyl (C=O) groups excluding carboxylic acids is 1. The van der Waals surface area contributed by atoms with Crippen molar-refractivity contribution < 1.29 is 19.8 Å². The molecule has 2 N–H and O–H groups in total. The van der Waals surface area contributed by atoms with Gasteiger partial charge in [0.25, 0.3) is 0 Å². The first-order chi connectivity index (χ1) is 9.31. The van der Waals surface area contributed by atoms with Gasteiger partial charge >= 0.3 is 12.0 Å². The van der Waals surface area contributed by atoms with E-state index in [0.717, 1.165) is 0 Å². The van der Waals surface area contributed by atoms with E-state index in [2.05, 4.69) is 4.90 Å². The second-order valence-corrected chi connectivity index (χ2v) is 5.95. The summed E-state index contributed by atoms with van der Waals surface area (Å²) >= 11 is 0. The first-order valence-electron chi connectivity index (χ1n) is 6.99. The van der Waals surface area contributed by atoms with Crippen LogP contribution in [-0.4, -0.2) is 87.8 Å². The highest BCUT2D eigenvalue weighted by Crippen LogP contribution is 2.22. The van der Waals surface area contributed by atoms with Crippen molar-refractivity contribution in [3.63, 3.8) is 0 Å². The van der Waals surface area contributed by atoms with Gasteiger partial charge < -0.3 is 20.0 Å². The van der Waals surface area contributed by atoms with Gasteiger partial charge in [-0.3, -0.25) is 4.90 Å². The Bertz CT molecular complexity index is 391. The van der Waals surface area contributed by atoms with Crippen LogP contribution >= 0.6 is 0 Å². The van der Waals surface area contributed by atoms with E-state index in [9.17, 15) is 14.7 Å². The SMILES string of the molecule is CC1CN(C(=O)N2CC(O)CC2C(=O)O)CC(C)N1C. The number of carboxylic acids is 1. The largest absolute Gasteiger partial charge is 0.480 e. The first-order valence-corrected chi connectivity index (χ1v) is 6.99. The summed E-state index contributed by atoms with van der Waals surface area (Å²) in [5, 5.41) is 18.8. The smallest absolute Gasteiger partial charge is 0.326 e. The third-order valence-corrected chi connectivity index (χ3v) is 4.44. The molecule has 0 bridgehead atoms. The molecule has 20 heavy (non-hydrogen) atoms. The molecule has 7 nitrogen and oxygen atoms in total. The molecule has 0 aromatic heterocycles. The number of amides is 2. The van der Waals surface area contributed by atoms with Crippen LogP contribution in [0.4, 0.5) is 4.79 Å².